The van der Waals surface area contributed by atoms with E-state index < -0.39 is 0 Å². The minimum atomic E-state index is -0.0479. The van der Waals surface area contributed by atoms with E-state index in [9.17, 15) is 4.79 Å². The Balaban J connectivity index is 1.70. The van der Waals surface area contributed by atoms with Crippen LogP contribution in [0, 0.1) is 0 Å². The molecule has 0 bridgehead atoms. The molecule has 0 saturated heterocycles. The van der Waals surface area contributed by atoms with Crippen molar-refractivity contribution in [2.45, 2.75) is 39.8 Å². The number of nitrogens with two attached hydrogens (primary N) is 1. The number of nitrogens with one attached hydrogen (secondary N) is 1. The second-order valence-electron chi connectivity index (χ2n) is 7.51. The molecule has 1 amide bonds. The number of rotatable bonds is 7. The quantitative estimate of drug-likeness (QED) is 0.581. The van der Waals surface area contributed by atoms with Crippen LogP contribution in [-0.4, -0.2) is 41.0 Å². The average Bonchev–Trinajstić information content (AvgIpc) is 3.07. The van der Waals surface area contributed by atoms with Crippen LogP contribution in [0.15, 0.2) is 42.5 Å². The maximum Gasteiger partial charge on any atom is 0.251 e. The van der Waals surface area contributed by atoms with E-state index in [1.165, 1.54) is 0 Å². The van der Waals surface area contributed by atoms with Gasteiger partial charge in [-0.2, -0.15) is 0 Å². The molecule has 2 aromatic carbocycles. The largest absolute Gasteiger partial charge is 0.399 e. The van der Waals surface area contributed by atoms with Crippen LogP contribution in [0.4, 0.5) is 5.69 Å². The van der Waals surface area contributed by atoms with Gasteiger partial charge < -0.3 is 11.1 Å². The van der Waals surface area contributed by atoms with Gasteiger partial charge >= 0.3 is 0 Å². The van der Waals surface area contributed by atoms with Gasteiger partial charge in [-0.05, 0) is 58.0 Å². The lowest BCUT2D eigenvalue weighted by Crippen LogP contribution is -2.42. The number of anilines is 1. The molecular weight excluding hydrogens is 368 g/mol. The highest BCUT2D eigenvalue weighted by Gasteiger charge is 2.14. The average molecular weight is 397 g/mol. The van der Waals surface area contributed by atoms with E-state index in [0.29, 0.717) is 29.9 Å². The molecule has 0 fully saturated rings. The Morgan fingerprint density at radius 3 is 2.57 bits per heavy atom. The molecule has 0 aliphatic carbocycles. The van der Waals surface area contributed by atoms with E-state index in [1.807, 2.05) is 42.5 Å². The Bertz CT molecular complexity index is 956. The number of hydrogen-bond donors (Lipinski definition) is 2. The van der Waals surface area contributed by atoms with Crippen LogP contribution >= 0.6 is 11.3 Å². The second kappa shape index (κ2) is 8.71. The topological polar surface area (TPSA) is 71.2 Å². The highest BCUT2D eigenvalue weighted by atomic mass is 32.1. The molecular formula is C22H28N4OS. The summed E-state index contributed by atoms with van der Waals surface area (Å²) in [5.41, 5.74) is 9.15. The number of carbonyl (C=O) groups is 1. The fraction of sp³-hybridized carbons (Fsp3) is 0.364. The molecule has 0 aliphatic rings. The highest BCUT2D eigenvalue weighted by molar-refractivity contribution is 7.21. The third-order valence-electron chi connectivity index (χ3n) is 4.77. The Morgan fingerprint density at radius 2 is 1.89 bits per heavy atom. The first kappa shape index (κ1) is 20.3. The zero-order valence-corrected chi connectivity index (χ0v) is 17.7. The number of fused-ring (bicyclic) bond motifs is 1. The molecule has 5 nitrogen and oxygen atoms in total. The summed E-state index contributed by atoms with van der Waals surface area (Å²) in [6.45, 7) is 10.2. The first-order valence-electron chi connectivity index (χ1n) is 9.65. The second-order valence-corrected chi connectivity index (χ2v) is 8.54. The molecule has 0 spiro atoms. The molecule has 6 heteroatoms. The lowest BCUT2D eigenvalue weighted by molar-refractivity contribution is 0.0939. The maximum absolute atomic E-state index is 12.6. The minimum absolute atomic E-state index is 0.0479. The first-order valence-corrected chi connectivity index (χ1v) is 10.5. The number of benzene rings is 2. The van der Waals surface area contributed by atoms with Gasteiger partial charge in [-0.25, -0.2) is 4.98 Å². The van der Waals surface area contributed by atoms with Crippen molar-refractivity contribution in [1.29, 1.82) is 0 Å². The molecule has 0 unspecified atom stereocenters. The summed E-state index contributed by atoms with van der Waals surface area (Å²) in [4.78, 5) is 19.6. The van der Waals surface area contributed by atoms with Crippen LogP contribution in [0.5, 0.6) is 0 Å². The molecule has 3 rings (SSSR count). The third-order valence-corrected chi connectivity index (χ3v) is 5.83. The van der Waals surface area contributed by atoms with Gasteiger partial charge in [0.25, 0.3) is 5.91 Å². The van der Waals surface area contributed by atoms with Gasteiger partial charge in [-0.15, -0.1) is 11.3 Å². The molecule has 148 valence electrons. The summed E-state index contributed by atoms with van der Waals surface area (Å²) in [5, 5.41) is 3.94. The molecule has 0 atom stereocenters. The van der Waals surface area contributed by atoms with Crippen LogP contribution < -0.4 is 11.1 Å². The van der Waals surface area contributed by atoms with Crippen LogP contribution in [-0.2, 0) is 0 Å². The fourth-order valence-corrected chi connectivity index (χ4v) is 4.38. The first-order chi connectivity index (χ1) is 13.3. The number of hydrogen-bond acceptors (Lipinski definition) is 5. The van der Waals surface area contributed by atoms with Crippen molar-refractivity contribution in [3.05, 3.63) is 48.0 Å². The van der Waals surface area contributed by atoms with Crippen molar-refractivity contribution in [1.82, 2.24) is 15.2 Å². The van der Waals surface area contributed by atoms with Crippen LogP contribution in [0.3, 0.4) is 0 Å². The van der Waals surface area contributed by atoms with Crippen LogP contribution in [0.1, 0.15) is 38.1 Å². The lowest BCUT2D eigenvalue weighted by atomic mass is 10.2. The van der Waals surface area contributed by atoms with E-state index in [1.54, 1.807) is 11.3 Å². The zero-order chi connectivity index (χ0) is 20.3. The standard InChI is InChI=1S/C22H28N4OS/c1-14(2)26(15(3)4)11-10-24-21(27)16-8-9-19-20(13-16)28-22(25-19)17-6-5-7-18(23)12-17/h5-9,12-15H,10-11,23H2,1-4H3,(H,24,27). The van der Waals surface area contributed by atoms with Gasteiger partial charge in [0.15, 0.2) is 0 Å². The molecule has 1 aromatic heterocycles. The molecule has 1 heterocycles. The molecule has 0 aliphatic heterocycles. The van der Waals surface area contributed by atoms with E-state index in [2.05, 4.69) is 42.9 Å². The molecule has 3 aromatic rings. The van der Waals surface area contributed by atoms with Gasteiger partial charge in [-0.3, -0.25) is 9.69 Å². The predicted molar refractivity (Wildman–Crippen MR) is 119 cm³/mol. The number of aromatic nitrogens is 1. The number of thiazole rings is 1. The van der Waals surface area contributed by atoms with Crippen molar-refractivity contribution in [2.24, 2.45) is 0 Å². The van der Waals surface area contributed by atoms with Gasteiger partial charge in [-0.1, -0.05) is 12.1 Å². The fourth-order valence-electron chi connectivity index (χ4n) is 3.37. The van der Waals surface area contributed by atoms with Crippen molar-refractivity contribution in [2.75, 3.05) is 18.8 Å². The van der Waals surface area contributed by atoms with E-state index >= 15 is 0 Å². The summed E-state index contributed by atoms with van der Waals surface area (Å²) in [6.07, 6.45) is 0. The Morgan fingerprint density at radius 1 is 1.14 bits per heavy atom. The van der Waals surface area contributed by atoms with Crippen molar-refractivity contribution in [3.8, 4) is 10.6 Å². The predicted octanol–water partition coefficient (Wildman–Crippen LogP) is 4.39. The monoisotopic (exact) mass is 396 g/mol. The van der Waals surface area contributed by atoms with Crippen LogP contribution in [0.2, 0.25) is 0 Å². The summed E-state index contributed by atoms with van der Waals surface area (Å²) in [7, 11) is 0. The van der Waals surface area contributed by atoms with Gasteiger partial charge in [0.2, 0.25) is 0 Å². The molecule has 3 N–H and O–H groups in total. The van der Waals surface area contributed by atoms with Crippen molar-refractivity contribution in [3.63, 3.8) is 0 Å². The van der Waals surface area contributed by atoms with Gasteiger partial charge in [0.05, 0.1) is 10.2 Å². The van der Waals surface area contributed by atoms with Crippen LogP contribution in [0.25, 0.3) is 20.8 Å². The smallest absolute Gasteiger partial charge is 0.251 e. The van der Waals surface area contributed by atoms with Crippen molar-refractivity contribution >= 4 is 33.1 Å². The third kappa shape index (κ3) is 4.69. The summed E-state index contributed by atoms with van der Waals surface area (Å²) < 4.78 is 0.996. The number of amides is 1. The Kier molecular flexibility index (Phi) is 6.31. The van der Waals surface area contributed by atoms with Crippen molar-refractivity contribution < 1.29 is 4.79 Å². The molecule has 28 heavy (non-hydrogen) atoms. The van der Waals surface area contributed by atoms with E-state index in [4.69, 9.17) is 5.73 Å². The number of nitrogens with zero attached hydrogens (tertiary/aromatic N) is 2. The van der Waals surface area contributed by atoms with Gasteiger partial charge in [0.1, 0.15) is 5.01 Å². The van der Waals surface area contributed by atoms with E-state index in [-0.39, 0.29) is 5.91 Å². The van der Waals surface area contributed by atoms with E-state index in [0.717, 1.165) is 27.3 Å². The minimum Gasteiger partial charge on any atom is -0.399 e. The summed E-state index contributed by atoms with van der Waals surface area (Å²) in [5.74, 6) is -0.0479. The summed E-state index contributed by atoms with van der Waals surface area (Å²) in [6, 6.07) is 14.3. The normalized spacial score (nSPS) is 11.7. The molecule has 0 saturated carbocycles. The molecule has 0 radical (unpaired) electrons. The number of nitrogen functional groups attached to an aromatic ring is 1. The Labute approximate surface area is 170 Å². The number of carbonyl (C=O) groups excluding carboxylic acids is 1. The maximum atomic E-state index is 12.6. The SMILES string of the molecule is CC(C)N(CCNC(=O)c1ccc2nc(-c3cccc(N)c3)sc2c1)C(C)C. The highest BCUT2D eigenvalue weighted by Crippen LogP contribution is 2.31. The Hall–Kier alpha value is -2.44. The lowest BCUT2D eigenvalue weighted by Gasteiger charge is -2.30. The zero-order valence-electron chi connectivity index (χ0n) is 16.9. The summed E-state index contributed by atoms with van der Waals surface area (Å²) >= 11 is 1.57. The van der Waals surface area contributed by atoms with Gasteiger partial charge in [0, 0.05) is 42.0 Å².